The van der Waals surface area contributed by atoms with Gasteiger partial charge in [-0.05, 0) is 48.5 Å². The Morgan fingerprint density at radius 1 is 1.24 bits per heavy atom. The van der Waals surface area contributed by atoms with Crippen LogP contribution in [0.1, 0.15) is 6.42 Å². The van der Waals surface area contributed by atoms with Crippen LogP contribution < -0.4 is 15.0 Å². The highest BCUT2D eigenvalue weighted by atomic mass is 35.5. The summed E-state index contributed by atoms with van der Waals surface area (Å²) < 4.78 is 5.10. The predicted molar refractivity (Wildman–Crippen MR) is 111 cm³/mol. The first-order valence-electron chi connectivity index (χ1n) is 8.89. The third-order valence-electron chi connectivity index (χ3n) is 4.51. The largest absolute Gasteiger partial charge is 0.497 e. The number of halogens is 1. The molecule has 0 spiro atoms. The van der Waals surface area contributed by atoms with Crippen LogP contribution in [0.4, 0.5) is 16.2 Å². The molecule has 0 unspecified atom stereocenters. The van der Waals surface area contributed by atoms with E-state index in [0.717, 1.165) is 4.90 Å². The molecule has 1 heterocycles. The lowest BCUT2D eigenvalue weighted by Gasteiger charge is -2.26. The van der Waals surface area contributed by atoms with Crippen molar-refractivity contribution in [2.75, 3.05) is 23.9 Å². The zero-order chi connectivity index (χ0) is 21.0. The Morgan fingerprint density at radius 3 is 2.48 bits per heavy atom. The number of hydrogen-bond donors (Lipinski definition) is 1. The Bertz CT molecular complexity index is 928. The van der Waals surface area contributed by atoms with Gasteiger partial charge in [0.25, 0.3) is 5.91 Å². The van der Waals surface area contributed by atoms with Crippen molar-refractivity contribution in [3.05, 3.63) is 66.2 Å². The number of amides is 4. The van der Waals surface area contributed by atoms with E-state index in [1.54, 1.807) is 48.5 Å². The summed E-state index contributed by atoms with van der Waals surface area (Å²) in [7, 11) is 1.53. The summed E-state index contributed by atoms with van der Waals surface area (Å²) >= 11 is 5.86. The van der Waals surface area contributed by atoms with Crippen molar-refractivity contribution in [3.8, 4) is 5.75 Å². The second-order valence-electron chi connectivity index (χ2n) is 6.36. The molecule has 1 atom stereocenters. The first-order chi connectivity index (χ1) is 13.9. The van der Waals surface area contributed by atoms with Crippen molar-refractivity contribution in [2.45, 2.75) is 12.5 Å². The fourth-order valence-electron chi connectivity index (χ4n) is 3.08. The first-order valence-corrected chi connectivity index (χ1v) is 9.27. The molecule has 0 saturated carbocycles. The zero-order valence-electron chi connectivity index (χ0n) is 15.8. The molecule has 1 aliphatic heterocycles. The quantitative estimate of drug-likeness (QED) is 0.578. The van der Waals surface area contributed by atoms with Gasteiger partial charge in [0.05, 0.1) is 19.2 Å². The second kappa shape index (κ2) is 8.79. The van der Waals surface area contributed by atoms with Gasteiger partial charge in [0.2, 0.25) is 5.91 Å². The van der Waals surface area contributed by atoms with Crippen LogP contribution in [0.15, 0.2) is 61.2 Å². The molecule has 0 aliphatic carbocycles. The Balaban J connectivity index is 1.80. The van der Waals surface area contributed by atoms with Gasteiger partial charge in [-0.1, -0.05) is 17.7 Å². The number of nitrogens with zero attached hydrogens (tertiary/aromatic N) is 2. The fourth-order valence-corrected chi connectivity index (χ4v) is 3.21. The van der Waals surface area contributed by atoms with E-state index in [4.69, 9.17) is 16.3 Å². The van der Waals surface area contributed by atoms with Gasteiger partial charge in [-0.25, -0.2) is 9.69 Å². The van der Waals surface area contributed by atoms with E-state index in [2.05, 4.69) is 11.9 Å². The van der Waals surface area contributed by atoms with E-state index >= 15 is 0 Å². The highest BCUT2D eigenvalue weighted by Crippen LogP contribution is 2.28. The molecule has 2 aromatic rings. The topological polar surface area (TPSA) is 79.0 Å². The Labute approximate surface area is 173 Å². The molecule has 150 valence electrons. The van der Waals surface area contributed by atoms with E-state index < -0.39 is 18.0 Å². The van der Waals surface area contributed by atoms with Crippen LogP contribution in [0.2, 0.25) is 5.02 Å². The van der Waals surface area contributed by atoms with Crippen molar-refractivity contribution in [1.82, 2.24) is 4.90 Å². The van der Waals surface area contributed by atoms with E-state index in [1.165, 1.54) is 18.1 Å². The van der Waals surface area contributed by atoms with Crippen molar-refractivity contribution in [3.63, 3.8) is 0 Å². The molecule has 0 aromatic heterocycles. The number of imide groups is 1. The summed E-state index contributed by atoms with van der Waals surface area (Å²) in [6.07, 6.45) is 1.40. The number of rotatable bonds is 6. The van der Waals surface area contributed by atoms with E-state index in [0.29, 0.717) is 22.1 Å². The third kappa shape index (κ3) is 4.41. The molecule has 8 heteroatoms. The van der Waals surface area contributed by atoms with E-state index in [1.807, 2.05) is 0 Å². The number of hydrogen-bond acceptors (Lipinski definition) is 4. The Hall–Kier alpha value is -3.32. The molecule has 3 rings (SSSR count). The summed E-state index contributed by atoms with van der Waals surface area (Å²) in [5.74, 6) is -0.230. The van der Waals surface area contributed by atoms with Crippen LogP contribution >= 0.6 is 11.6 Å². The number of benzene rings is 2. The number of methoxy groups -OCH3 is 1. The molecule has 1 fully saturated rings. The molecular formula is C21H20ClN3O4. The maximum atomic E-state index is 13.0. The van der Waals surface area contributed by atoms with Crippen LogP contribution in [-0.2, 0) is 9.59 Å². The summed E-state index contributed by atoms with van der Waals surface area (Å²) in [5.41, 5.74) is 0.956. The molecule has 1 saturated heterocycles. The molecule has 1 aliphatic rings. The number of carbonyl (C=O) groups is 3. The average Bonchev–Trinajstić information content (AvgIpc) is 3.01. The molecule has 2 aromatic carbocycles. The van der Waals surface area contributed by atoms with Crippen molar-refractivity contribution >= 4 is 40.8 Å². The maximum absolute atomic E-state index is 13.0. The number of urea groups is 1. The summed E-state index contributed by atoms with van der Waals surface area (Å²) in [4.78, 5) is 40.7. The van der Waals surface area contributed by atoms with Gasteiger partial charge in [0.1, 0.15) is 11.8 Å². The van der Waals surface area contributed by atoms with Crippen molar-refractivity contribution < 1.29 is 19.1 Å². The molecule has 0 radical (unpaired) electrons. The lowest BCUT2D eigenvalue weighted by molar-refractivity contribution is -0.122. The fraction of sp³-hybridized carbons (Fsp3) is 0.190. The van der Waals surface area contributed by atoms with Crippen LogP contribution in [0, 0.1) is 0 Å². The molecule has 29 heavy (non-hydrogen) atoms. The van der Waals surface area contributed by atoms with Crippen molar-refractivity contribution in [1.29, 1.82) is 0 Å². The minimum atomic E-state index is -0.921. The standard InChI is InChI=1S/C21H20ClN3O4/c1-3-12-24(21(28)23-15-6-4-14(22)5-7-15)18-13-19(26)25(20(18)27)16-8-10-17(29-2)11-9-16/h3-11,18H,1,12-13H2,2H3,(H,23,28)/t18-/m0/s1. The molecular weight excluding hydrogens is 394 g/mol. The van der Waals surface area contributed by atoms with Gasteiger partial charge < -0.3 is 15.0 Å². The summed E-state index contributed by atoms with van der Waals surface area (Å²) in [6.45, 7) is 3.76. The van der Waals surface area contributed by atoms with Crippen LogP contribution in [0.25, 0.3) is 0 Å². The lowest BCUT2D eigenvalue weighted by atomic mass is 10.2. The predicted octanol–water partition coefficient (Wildman–Crippen LogP) is 3.70. The molecule has 7 nitrogen and oxygen atoms in total. The van der Waals surface area contributed by atoms with Gasteiger partial charge in [-0.15, -0.1) is 6.58 Å². The first kappa shape index (κ1) is 20.4. The van der Waals surface area contributed by atoms with Gasteiger partial charge in [0, 0.05) is 17.3 Å². The molecule has 1 N–H and O–H groups in total. The average molecular weight is 414 g/mol. The number of nitrogens with one attached hydrogen (secondary N) is 1. The highest BCUT2D eigenvalue weighted by molar-refractivity contribution is 6.30. The maximum Gasteiger partial charge on any atom is 0.322 e. The smallest absolute Gasteiger partial charge is 0.322 e. The Morgan fingerprint density at radius 2 is 1.90 bits per heavy atom. The lowest BCUT2D eigenvalue weighted by Crippen LogP contribution is -2.47. The van der Waals surface area contributed by atoms with Crippen LogP contribution in [0.3, 0.4) is 0 Å². The van der Waals surface area contributed by atoms with Crippen molar-refractivity contribution in [2.24, 2.45) is 0 Å². The second-order valence-corrected chi connectivity index (χ2v) is 6.80. The summed E-state index contributed by atoms with van der Waals surface area (Å²) in [5, 5.41) is 3.26. The highest BCUT2D eigenvalue weighted by Gasteiger charge is 2.44. The number of anilines is 2. The zero-order valence-corrected chi connectivity index (χ0v) is 16.6. The number of ether oxygens (including phenoxy) is 1. The minimum Gasteiger partial charge on any atom is -0.497 e. The van der Waals surface area contributed by atoms with Gasteiger partial charge >= 0.3 is 6.03 Å². The monoisotopic (exact) mass is 413 g/mol. The third-order valence-corrected chi connectivity index (χ3v) is 4.76. The molecule has 4 amide bonds. The SMILES string of the molecule is C=CCN(C(=O)Nc1ccc(Cl)cc1)[C@H]1CC(=O)N(c2ccc(OC)cc2)C1=O. The minimum absolute atomic E-state index is 0.104. The van der Waals surface area contributed by atoms with Crippen LogP contribution in [-0.4, -0.2) is 42.4 Å². The van der Waals surface area contributed by atoms with E-state index in [-0.39, 0.29) is 18.9 Å². The normalized spacial score (nSPS) is 15.9. The summed E-state index contributed by atoms with van der Waals surface area (Å²) in [6, 6.07) is 11.7. The van der Waals surface area contributed by atoms with Gasteiger partial charge in [-0.2, -0.15) is 0 Å². The number of carbonyl (C=O) groups excluding carboxylic acids is 3. The van der Waals surface area contributed by atoms with E-state index in [9.17, 15) is 14.4 Å². The van der Waals surface area contributed by atoms with Gasteiger partial charge in [0.15, 0.2) is 0 Å². The molecule has 0 bridgehead atoms. The Kier molecular flexibility index (Phi) is 6.19. The van der Waals surface area contributed by atoms with Crippen LogP contribution in [0.5, 0.6) is 5.75 Å². The van der Waals surface area contributed by atoms with Gasteiger partial charge in [-0.3, -0.25) is 9.59 Å².